The van der Waals surface area contributed by atoms with Crippen LogP contribution in [0, 0.1) is 0 Å². The van der Waals surface area contributed by atoms with Crippen LogP contribution in [-0.2, 0) is 4.79 Å². The van der Waals surface area contributed by atoms with E-state index in [0.717, 1.165) is 5.56 Å². The summed E-state index contributed by atoms with van der Waals surface area (Å²) in [6, 6.07) is 10.1. The van der Waals surface area contributed by atoms with Crippen molar-refractivity contribution in [1.82, 2.24) is 14.8 Å². The Hall–Kier alpha value is -4.21. The summed E-state index contributed by atoms with van der Waals surface area (Å²) in [7, 11) is 6.24. The van der Waals surface area contributed by atoms with E-state index in [1.807, 2.05) is 19.1 Å². The van der Waals surface area contributed by atoms with Gasteiger partial charge in [-0.25, -0.2) is 4.68 Å². The normalized spacial score (nSPS) is 14.8. The maximum Gasteiger partial charge on any atom is 0.255 e. The Kier molecular flexibility index (Phi) is 6.07. The minimum absolute atomic E-state index is 0.326. The topological polar surface area (TPSA) is 109 Å². The summed E-state index contributed by atoms with van der Waals surface area (Å²) < 4.78 is 23.2. The van der Waals surface area contributed by atoms with Crippen LogP contribution < -0.4 is 29.6 Å². The highest BCUT2D eigenvalue weighted by Gasteiger charge is 2.34. The number of carbonyl (C=O) groups is 1. The van der Waals surface area contributed by atoms with Crippen LogP contribution in [0.1, 0.15) is 18.5 Å². The fourth-order valence-electron chi connectivity index (χ4n) is 3.82. The zero-order valence-corrected chi connectivity index (χ0v) is 19.0. The second-order valence-electron chi connectivity index (χ2n) is 7.23. The first-order valence-corrected chi connectivity index (χ1v) is 10.1. The highest BCUT2D eigenvalue weighted by molar-refractivity contribution is 6.06. The third kappa shape index (κ3) is 4.02. The molecule has 1 unspecified atom stereocenters. The second kappa shape index (κ2) is 9.11. The number of nitrogens with zero attached hydrogens (tertiary/aromatic N) is 3. The van der Waals surface area contributed by atoms with E-state index in [1.54, 1.807) is 50.3 Å². The van der Waals surface area contributed by atoms with Gasteiger partial charge < -0.3 is 29.6 Å². The minimum atomic E-state index is -0.555. The fraction of sp³-hybridized carbons (Fsp3) is 0.261. The summed E-state index contributed by atoms with van der Waals surface area (Å²) in [4.78, 5) is 17.9. The molecular formula is C23H25N5O5. The lowest BCUT2D eigenvalue weighted by atomic mass is 9.94. The van der Waals surface area contributed by atoms with E-state index in [9.17, 15) is 4.79 Å². The summed E-state index contributed by atoms with van der Waals surface area (Å²) in [5.74, 6) is 2.43. The Labute approximate surface area is 191 Å². The molecule has 0 spiro atoms. The standard InChI is InChI=1S/C23H25N5O5/c1-13-20(22(29)27-16-11-15(30-2)7-9-17(16)31-3)21(28-23(26-13)24-12-25-28)14-6-8-18(32-4)19(10-14)33-5/h6-12,21H,1-5H3,(H,27,29)(H,24,25,26). The number of nitrogens with one attached hydrogen (secondary N) is 2. The number of carbonyl (C=O) groups excluding carboxylic acids is 1. The first kappa shape index (κ1) is 22.0. The van der Waals surface area contributed by atoms with Gasteiger partial charge in [-0.05, 0) is 36.8 Å². The molecule has 1 amide bonds. The Morgan fingerprint density at radius 2 is 1.70 bits per heavy atom. The molecule has 4 rings (SSSR count). The van der Waals surface area contributed by atoms with Crippen molar-refractivity contribution < 1.29 is 23.7 Å². The summed E-state index contributed by atoms with van der Waals surface area (Å²) in [6.07, 6.45) is 1.44. The van der Waals surface area contributed by atoms with E-state index in [0.29, 0.717) is 45.9 Å². The SMILES string of the molecule is COc1ccc(OC)c(NC(=O)C2=C(C)Nc3ncnn3C2c2ccc(OC)c(OC)c2)c1. The van der Waals surface area contributed by atoms with Crippen molar-refractivity contribution in [2.24, 2.45) is 0 Å². The third-order valence-corrected chi connectivity index (χ3v) is 5.42. The van der Waals surface area contributed by atoms with Gasteiger partial charge in [-0.1, -0.05) is 6.07 Å². The summed E-state index contributed by atoms with van der Waals surface area (Å²) >= 11 is 0. The largest absolute Gasteiger partial charge is 0.497 e. The third-order valence-electron chi connectivity index (χ3n) is 5.42. The summed E-state index contributed by atoms with van der Waals surface area (Å²) in [6.45, 7) is 1.82. The molecule has 1 aromatic heterocycles. The number of hydrogen-bond acceptors (Lipinski definition) is 8. The zero-order valence-electron chi connectivity index (χ0n) is 19.0. The molecule has 0 aliphatic carbocycles. The Bertz CT molecular complexity index is 1220. The molecule has 0 saturated carbocycles. The first-order valence-electron chi connectivity index (χ1n) is 10.1. The molecule has 3 aromatic rings. The Balaban J connectivity index is 1.78. The van der Waals surface area contributed by atoms with Crippen LogP contribution >= 0.6 is 0 Å². The van der Waals surface area contributed by atoms with Crippen LogP contribution in [0.4, 0.5) is 11.6 Å². The number of benzene rings is 2. The molecule has 2 heterocycles. The molecule has 0 fully saturated rings. The van der Waals surface area contributed by atoms with Crippen molar-refractivity contribution in [3.05, 3.63) is 59.6 Å². The van der Waals surface area contributed by atoms with Crippen molar-refractivity contribution in [2.75, 3.05) is 39.1 Å². The molecule has 172 valence electrons. The number of anilines is 2. The zero-order chi connectivity index (χ0) is 23.5. The van der Waals surface area contributed by atoms with Gasteiger partial charge in [-0.3, -0.25) is 4.79 Å². The lowest BCUT2D eigenvalue weighted by Gasteiger charge is -2.29. The van der Waals surface area contributed by atoms with Gasteiger partial charge in [0.25, 0.3) is 5.91 Å². The highest BCUT2D eigenvalue weighted by atomic mass is 16.5. The van der Waals surface area contributed by atoms with Gasteiger partial charge in [0.1, 0.15) is 23.9 Å². The van der Waals surface area contributed by atoms with Gasteiger partial charge in [0.05, 0.1) is 39.7 Å². The van der Waals surface area contributed by atoms with Gasteiger partial charge >= 0.3 is 0 Å². The van der Waals surface area contributed by atoms with Crippen molar-refractivity contribution >= 4 is 17.5 Å². The monoisotopic (exact) mass is 451 g/mol. The Morgan fingerprint density at radius 1 is 0.970 bits per heavy atom. The average Bonchev–Trinajstić information content (AvgIpc) is 3.30. The van der Waals surface area contributed by atoms with Crippen LogP contribution in [0.2, 0.25) is 0 Å². The van der Waals surface area contributed by atoms with Crippen molar-refractivity contribution in [2.45, 2.75) is 13.0 Å². The van der Waals surface area contributed by atoms with Crippen LogP contribution in [-0.4, -0.2) is 49.1 Å². The number of hydrogen-bond donors (Lipinski definition) is 2. The minimum Gasteiger partial charge on any atom is -0.497 e. The van der Waals surface area contributed by atoms with Crippen molar-refractivity contribution in [3.8, 4) is 23.0 Å². The molecule has 2 aromatic carbocycles. The maximum atomic E-state index is 13.6. The van der Waals surface area contributed by atoms with E-state index in [2.05, 4.69) is 20.7 Å². The molecule has 1 atom stereocenters. The first-order chi connectivity index (χ1) is 16.0. The molecule has 10 heteroatoms. The van der Waals surface area contributed by atoms with Crippen LogP contribution in [0.25, 0.3) is 0 Å². The molecule has 2 N–H and O–H groups in total. The number of allylic oxidation sites excluding steroid dienone is 1. The second-order valence-corrected chi connectivity index (χ2v) is 7.23. The Morgan fingerprint density at radius 3 is 2.39 bits per heavy atom. The van der Waals surface area contributed by atoms with Crippen LogP contribution in [0.15, 0.2) is 54.0 Å². The lowest BCUT2D eigenvalue weighted by Crippen LogP contribution is -2.31. The van der Waals surface area contributed by atoms with E-state index in [1.165, 1.54) is 13.4 Å². The summed E-state index contributed by atoms with van der Waals surface area (Å²) in [5, 5.41) is 10.5. The number of rotatable bonds is 7. The van der Waals surface area contributed by atoms with Crippen molar-refractivity contribution in [1.29, 1.82) is 0 Å². The highest BCUT2D eigenvalue weighted by Crippen LogP contribution is 2.39. The predicted octanol–water partition coefficient (Wildman–Crippen LogP) is 3.24. The average molecular weight is 451 g/mol. The fourth-order valence-corrected chi connectivity index (χ4v) is 3.82. The molecule has 1 aliphatic rings. The molecule has 0 radical (unpaired) electrons. The van der Waals surface area contributed by atoms with Gasteiger partial charge in [0.15, 0.2) is 11.5 Å². The van der Waals surface area contributed by atoms with Gasteiger partial charge in [0, 0.05) is 11.8 Å². The predicted molar refractivity (Wildman–Crippen MR) is 122 cm³/mol. The molecule has 0 bridgehead atoms. The quantitative estimate of drug-likeness (QED) is 0.564. The number of aromatic nitrogens is 3. The molecular weight excluding hydrogens is 426 g/mol. The van der Waals surface area contributed by atoms with E-state index in [4.69, 9.17) is 18.9 Å². The molecule has 33 heavy (non-hydrogen) atoms. The van der Waals surface area contributed by atoms with E-state index in [-0.39, 0.29) is 5.91 Å². The van der Waals surface area contributed by atoms with E-state index >= 15 is 0 Å². The number of fused-ring (bicyclic) bond motifs is 1. The number of amides is 1. The van der Waals surface area contributed by atoms with E-state index < -0.39 is 6.04 Å². The van der Waals surface area contributed by atoms with Crippen LogP contribution in [0.3, 0.4) is 0 Å². The number of ether oxygens (including phenoxy) is 4. The summed E-state index contributed by atoms with van der Waals surface area (Å²) in [5.41, 5.74) is 2.38. The molecule has 10 nitrogen and oxygen atoms in total. The van der Waals surface area contributed by atoms with Gasteiger partial charge in [-0.2, -0.15) is 10.1 Å². The van der Waals surface area contributed by atoms with Crippen LogP contribution in [0.5, 0.6) is 23.0 Å². The number of methoxy groups -OCH3 is 4. The van der Waals surface area contributed by atoms with Crippen molar-refractivity contribution in [3.63, 3.8) is 0 Å². The smallest absolute Gasteiger partial charge is 0.255 e. The van der Waals surface area contributed by atoms with Gasteiger partial charge in [-0.15, -0.1) is 0 Å². The molecule has 1 aliphatic heterocycles. The molecule has 0 saturated heterocycles. The maximum absolute atomic E-state index is 13.6. The van der Waals surface area contributed by atoms with Gasteiger partial charge in [0.2, 0.25) is 5.95 Å². The lowest BCUT2D eigenvalue weighted by molar-refractivity contribution is -0.113.